The molecule has 34 heavy (non-hydrogen) atoms. The molecule has 4 rings (SSSR count). The van der Waals surface area contributed by atoms with Crippen LogP contribution >= 0.6 is 0 Å². The molecule has 0 aliphatic rings. The zero-order chi connectivity index (χ0) is 23.9. The third kappa shape index (κ3) is 5.04. The number of anilines is 2. The summed E-state index contributed by atoms with van der Waals surface area (Å²) in [5.41, 5.74) is 2.01. The molecule has 0 aliphatic carbocycles. The highest BCUT2D eigenvalue weighted by atomic mass is 16.6. The van der Waals surface area contributed by atoms with Crippen molar-refractivity contribution in [2.24, 2.45) is 0 Å². The number of carbonyl (C=O) groups excluding carboxylic acids is 1. The fourth-order valence-electron chi connectivity index (χ4n) is 3.30. The molecule has 0 unspecified atom stereocenters. The minimum absolute atomic E-state index is 0.0732. The molecule has 0 saturated carbocycles. The van der Waals surface area contributed by atoms with Crippen LogP contribution in [0, 0.1) is 10.1 Å². The van der Waals surface area contributed by atoms with Gasteiger partial charge in [-0.2, -0.15) is 0 Å². The lowest BCUT2D eigenvalue weighted by atomic mass is 10.0. The minimum atomic E-state index is -0.511. The fraction of sp³-hybridized carbons (Fsp3) is 0.174. The van der Waals surface area contributed by atoms with Crippen LogP contribution in [-0.2, 0) is 4.74 Å². The Bertz CT molecular complexity index is 1330. The number of fused-ring (bicyclic) bond motifs is 1. The van der Waals surface area contributed by atoms with Gasteiger partial charge in [-0.25, -0.2) is 24.7 Å². The maximum absolute atomic E-state index is 12.5. The fourth-order valence-corrected chi connectivity index (χ4v) is 3.30. The first-order chi connectivity index (χ1) is 16.6. The van der Waals surface area contributed by atoms with Crippen molar-refractivity contribution in [1.29, 1.82) is 0 Å². The van der Waals surface area contributed by atoms with Gasteiger partial charge in [0, 0.05) is 36.3 Å². The quantitative estimate of drug-likeness (QED) is 0.164. The number of aromatic nitrogens is 4. The molecule has 0 fully saturated rings. The first-order valence-corrected chi connectivity index (χ1v) is 10.5. The molecule has 3 heterocycles. The highest BCUT2D eigenvalue weighted by Crippen LogP contribution is 2.31. The van der Waals surface area contributed by atoms with E-state index in [9.17, 15) is 14.9 Å². The van der Waals surface area contributed by atoms with Gasteiger partial charge in [0.25, 0.3) is 5.69 Å². The summed E-state index contributed by atoms with van der Waals surface area (Å²) in [5.74, 6) is 0.545. The predicted molar refractivity (Wildman–Crippen MR) is 127 cm³/mol. The highest BCUT2D eigenvalue weighted by molar-refractivity contribution is 5.99. The average molecular weight is 459 g/mol. The van der Waals surface area contributed by atoms with E-state index in [1.54, 1.807) is 13.0 Å². The van der Waals surface area contributed by atoms with Gasteiger partial charge in [0.05, 0.1) is 22.7 Å². The van der Waals surface area contributed by atoms with E-state index in [2.05, 4.69) is 25.6 Å². The average Bonchev–Trinajstić information content (AvgIpc) is 2.86. The van der Waals surface area contributed by atoms with Crippen LogP contribution in [0.25, 0.3) is 22.2 Å². The van der Waals surface area contributed by atoms with Gasteiger partial charge in [0.15, 0.2) is 0 Å². The molecular formula is C23H21N7O4. The Morgan fingerprint density at radius 3 is 2.68 bits per heavy atom. The Labute approximate surface area is 194 Å². The number of benzene rings is 1. The Hall–Kier alpha value is -4.67. The van der Waals surface area contributed by atoms with Crippen molar-refractivity contribution in [1.82, 2.24) is 19.9 Å². The van der Waals surface area contributed by atoms with Crippen molar-refractivity contribution >= 4 is 34.2 Å². The number of carbonyl (C=O) groups is 1. The van der Waals surface area contributed by atoms with Crippen LogP contribution in [0.3, 0.4) is 0 Å². The van der Waals surface area contributed by atoms with Crippen LogP contribution in [0.1, 0.15) is 17.3 Å². The van der Waals surface area contributed by atoms with Crippen molar-refractivity contribution in [3.05, 3.63) is 76.9 Å². The van der Waals surface area contributed by atoms with Crippen molar-refractivity contribution < 1.29 is 14.5 Å². The van der Waals surface area contributed by atoms with E-state index in [4.69, 9.17) is 9.72 Å². The molecule has 11 heteroatoms. The molecule has 4 aromatic rings. The monoisotopic (exact) mass is 459 g/mol. The molecule has 2 N–H and O–H groups in total. The third-order valence-corrected chi connectivity index (χ3v) is 4.87. The van der Waals surface area contributed by atoms with E-state index in [1.165, 1.54) is 24.8 Å². The summed E-state index contributed by atoms with van der Waals surface area (Å²) >= 11 is 0. The second-order valence-corrected chi connectivity index (χ2v) is 7.10. The van der Waals surface area contributed by atoms with Crippen LogP contribution in [0.4, 0.5) is 17.3 Å². The normalized spacial score (nSPS) is 10.6. The summed E-state index contributed by atoms with van der Waals surface area (Å²) < 4.78 is 5.17. The number of ether oxygens (including phenoxy) is 1. The van der Waals surface area contributed by atoms with Crippen LogP contribution in [0.5, 0.6) is 0 Å². The second kappa shape index (κ2) is 10.3. The summed E-state index contributed by atoms with van der Waals surface area (Å²) in [4.78, 5) is 39.9. The third-order valence-electron chi connectivity index (χ3n) is 4.87. The SMILES string of the molecule is CCOC(=O)c1cncnc1-c1cc2ccccc2nc1NCCNc1ccc([N+](=O)[O-])cn1. The van der Waals surface area contributed by atoms with Gasteiger partial charge in [0.1, 0.15) is 29.7 Å². The Morgan fingerprint density at radius 1 is 1.09 bits per heavy atom. The molecule has 1 aromatic carbocycles. The van der Waals surface area contributed by atoms with Gasteiger partial charge >= 0.3 is 5.97 Å². The molecular weight excluding hydrogens is 438 g/mol. The number of nitrogens with one attached hydrogen (secondary N) is 2. The summed E-state index contributed by atoms with van der Waals surface area (Å²) in [7, 11) is 0. The first-order valence-electron chi connectivity index (χ1n) is 10.5. The van der Waals surface area contributed by atoms with Crippen molar-refractivity contribution in [2.75, 3.05) is 30.3 Å². The number of rotatable bonds is 9. The van der Waals surface area contributed by atoms with Gasteiger partial charge in [-0.1, -0.05) is 18.2 Å². The minimum Gasteiger partial charge on any atom is -0.462 e. The van der Waals surface area contributed by atoms with Gasteiger partial charge < -0.3 is 15.4 Å². The maximum Gasteiger partial charge on any atom is 0.341 e. The van der Waals surface area contributed by atoms with Gasteiger partial charge in [-0.15, -0.1) is 0 Å². The van der Waals surface area contributed by atoms with E-state index < -0.39 is 10.9 Å². The standard InChI is InChI=1S/C23H21N7O4/c1-2-34-23(31)18-13-24-14-28-21(18)17-11-15-5-3-4-6-19(15)29-22(17)26-10-9-25-20-8-7-16(12-27-20)30(32)33/h3-8,11-14H,2,9-10H2,1H3,(H,25,27)(H,26,29). The zero-order valence-corrected chi connectivity index (χ0v) is 18.3. The molecule has 0 spiro atoms. The van der Waals surface area contributed by atoms with Crippen molar-refractivity contribution in [3.63, 3.8) is 0 Å². The van der Waals surface area contributed by atoms with E-state index in [0.717, 1.165) is 10.9 Å². The molecule has 3 aromatic heterocycles. The summed E-state index contributed by atoms with van der Waals surface area (Å²) in [6.45, 7) is 2.89. The van der Waals surface area contributed by atoms with Crippen LogP contribution < -0.4 is 10.6 Å². The second-order valence-electron chi connectivity index (χ2n) is 7.10. The molecule has 172 valence electrons. The number of para-hydroxylation sites is 1. The maximum atomic E-state index is 12.5. The van der Waals surface area contributed by atoms with Gasteiger partial charge in [-0.3, -0.25) is 10.1 Å². The number of nitro groups is 1. The molecule has 0 atom stereocenters. The zero-order valence-electron chi connectivity index (χ0n) is 18.3. The number of hydrogen-bond donors (Lipinski definition) is 2. The largest absolute Gasteiger partial charge is 0.462 e. The topological polar surface area (TPSA) is 145 Å². The van der Waals surface area contributed by atoms with Crippen molar-refractivity contribution in [2.45, 2.75) is 6.92 Å². The lowest BCUT2D eigenvalue weighted by molar-refractivity contribution is -0.385. The number of pyridine rings is 2. The molecule has 0 aliphatic heterocycles. The smallest absolute Gasteiger partial charge is 0.341 e. The molecule has 0 saturated heterocycles. The number of nitrogens with zero attached hydrogens (tertiary/aromatic N) is 5. The van der Waals surface area contributed by atoms with E-state index in [-0.39, 0.29) is 17.9 Å². The molecule has 0 bridgehead atoms. The van der Waals surface area contributed by atoms with Gasteiger partial charge in [-0.05, 0) is 25.1 Å². The Morgan fingerprint density at radius 2 is 1.91 bits per heavy atom. The van der Waals surface area contributed by atoms with Crippen molar-refractivity contribution in [3.8, 4) is 11.3 Å². The summed E-state index contributed by atoms with van der Waals surface area (Å²) in [5, 5.41) is 18.0. The summed E-state index contributed by atoms with van der Waals surface area (Å²) in [6.07, 6.45) is 4.00. The molecule has 0 amide bonds. The summed E-state index contributed by atoms with van der Waals surface area (Å²) in [6, 6.07) is 12.5. The number of esters is 1. The Balaban J connectivity index is 1.58. The van der Waals surface area contributed by atoms with Crippen LogP contribution in [-0.4, -0.2) is 50.5 Å². The lowest BCUT2D eigenvalue weighted by Crippen LogP contribution is -2.16. The van der Waals surface area contributed by atoms with E-state index in [0.29, 0.717) is 36.0 Å². The molecule has 0 radical (unpaired) electrons. The predicted octanol–water partition coefficient (Wildman–Crippen LogP) is 3.70. The lowest BCUT2D eigenvalue weighted by Gasteiger charge is -2.14. The van der Waals surface area contributed by atoms with Crippen LogP contribution in [0.15, 0.2) is 61.2 Å². The molecule has 11 nitrogen and oxygen atoms in total. The van der Waals surface area contributed by atoms with E-state index >= 15 is 0 Å². The number of hydrogen-bond acceptors (Lipinski definition) is 10. The highest BCUT2D eigenvalue weighted by Gasteiger charge is 2.19. The van der Waals surface area contributed by atoms with Crippen LogP contribution in [0.2, 0.25) is 0 Å². The Kier molecular flexibility index (Phi) is 6.82. The first kappa shape index (κ1) is 22.5. The van der Waals surface area contributed by atoms with Gasteiger partial charge in [0.2, 0.25) is 0 Å². The van der Waals surface area contributed by atoms with E-state index in [1.807, 2.05) is 30.3 Å².